The first-order valence-corrected chi connectivity index (χ1v) is 3.14. The van der Waals surface area contributed by atoms with Crippen LogP contribution in [0.2, 0.25) is 0 Å². The van der Waals surface area contributed by atoms with Crippen LogP contribution in [0.1, 0.15) is 0 Å². The second-order valence-corrected chi connectivity index (χ2v) is 1.22. The maximum atomic E-state index is 3.42. The monoisotopic (exact) mass is 114 g/mol. The molecule has 0 aromatic rings. The molecule has 0 fully saturated rings. The van der Waals surface area contributed by atoms with Crippen LogP contribution >= 0.6 is 0 Å². The third-order valence-corrected chi connectivity index (χ3v) is 0. The molecule has 0 bridgehead atoms. The van der Waals surface area contributed by atoms with Gasteiger partial charge >= 0.3 is 0 Å². The summed E-state index contributed by atoms with van der Waals surface area (Å²) in [5, 5.41) is 0. The van der Waals surface area contributed by atoms with Gasteiger partial charge in [-0.3, -0.25) is 0 Å². The van der Waals surface area contributed by atoms with E-state index in [2.05, 4.69) is 32.9 Å². The Bertz CT molecular complexity index is 23.4. The van der Waals surface area contributed by atoms with E-state index < -0.39 is 0 Å². The molecule has 7 heavy (non-hydrogen) atoms. The fourth-order valence-corrected chi connectivity index (χ4v) is 0. The fraction of sp³-hybridized carbons (Fsp3) is 0. The van der Waals surface area contributed by atoms with Crippen molar-refractivity contribution >= 4 is 10.2 Å². The summed E-state index contributed by atoms with van der Waals surface area (Å²) in [6.45, 7) is 15.4. The highest BCUT2D eigenvalue weighted by Gasteiger charge is 1.16. The Balaban J connectivity index is -0.0000000360. The predicted octanol–water partition coefficient (Wildman–Crippen LogP) is 1.10. The quantitative estimate of drug-likeness (QED) is 0.327. The molecule has 0 amide bonds. The Morgan fingerprint density at radius 1 is 1.00 bits per heavy atom. The lowest BCUT2D eigenvalue weighted by molar-refractivity contribution is 2.63. The van der Waals surface area contributed by atoms with E-state index in [9.17, 15) is 0 Å². The molecule has 0 aromatic heterocycles. The van der Waals surface area contributed by atoms with Crippen LogP contribution in [0.4, 0.5) is 0 Å². The summed E-state index contributed by atoms with van der Waals surface area (Å²) in [5.41, 5.74) is 1.89. The summed E-state index contributed by atoms with van der Waals surface area (Å²) >= 11 is 0. The lowest BCUT2D eigenvalue weighted by Gasteiger charge is -1.29. The van der Waals surface area contributed by atoms with E-state index >= 15 is 0 Å². The summed E-state index contributed by atoms with van der Waals surface area (Å²) < 4.78 is 0. The zero-order valence-electron chi connectivity index (χ0n) is 5.11. The van der Waals surface area contributed by atoms with E-state index in [-0.39, 0.29) is 0 Å². The fourth-order valence-electron chi connectivity index (χ4n) is 0. The zero-order chi connectivity index (χ0) is 6.71. The van der Waals surface area contributed by atoms with Gasteiger partial charge < -0.3 is 0 Å². The molecule has 0 radical (unpaired) electrons. The Morgan fingerprint density at radius 3 is 1.00 bits per heavy atom. The molecule has 0 aromatic carbocycles. The van der Waals surface area contributed by atoms with Crippen LogP contribution in [-0.4, -0.2) is 10.2 Å². The van der Waals surface area contributed by atoms with Crippen molar-refractivity contribution in [2.24, 2.45) is 0 Å². The molecule has 0 saturated heterocycles. The molecule has 0 aliphatic carbocycles. The zero-order valence-corrected chi connectivity index (χ0v) is 7.11. The van der Waals surface area contributed by atoms with E-state index in [4.69, 9.17) is 0 Å². The van der Waals surface area contributed by atoms with Crippen molar-refractivity contribution < 1.29 is 0 Å². The largest absolute Gasteiger partial charge is 0.112 e. The maximum absolute atomic E-state index is 3.42. The van der Waals surface area contributed by atoms with E-state index in [1.54, 1.807) is 0 Å². The van der Waals surface area contributed by atoms with Crippen molar-refractivity contribution in [3.8, 4) is 0 Å². The molecule has 0 saturated carbocycles. The average molecular weight is 114 g/mol. The topological polar surface area (TPSA) is 0 Å². The molecule has 42 valence electrons. The van der Waals surface area contributed by atoms with Crippen LogP contribution in [0.15, 0.2) is 38.6 Å². The average Bonchev–Trinajstić information content (AvgIpc) is 1.78. The van der Waals surface area contributed by atoms with Gasteiger partial charge in [-0.05, 0) is 0 Å². The summed E-state index contributed by atoms with van der Waals surface area (Å²) in [5.74, 6) is 0. The molecule has 0 aliphatic rings. The van der Waals surface area contributed by atoms with E-state index in [0.717, 1.165) is 10.2 Å². The molecule has 0 heterocycles. The van der Waals surface area contributed by atoms with E-state index in [1.807, 2.05) is 5.70 Å². The van der Waals surface area contributed by atoms with Crippen LogP contribution in [0.25, 0.3) is 0 Å². The van der Waals surface area contributed by atoms with Crippen LogP contribution in [0, 0.1) is 0 Å². The van der Waals surface area contributed by atoms with Crippen molar-refractivity contribution in [3.63, 3.8) is 0 Å². The van der Waals surface area contributed by atoms with E-state index in [0.29, 0.717) is 0 Å². The molecule has 0 atom stereocenters. The van der Waals surface area contributed by atoms with Crippen LogP contribution < -0.4 is 0 Å². The first-order chi connectivity index (χ1) is 3.41. The minimum Gasteiger partial charge on any atom is -0.112 e. The van der Waals surface area contributed by atoms with Gasteiger partial charge in [0.05, 0.1) is 0 Å². The molecular formula is C6H14Si. The van der Waals surface area contributed by atoms with Gasteiger partial charge in [-0.2, -0.15) is 0 Å². The van der Waals surface area contributed by atoms with Crippen molar-refractivity contribution in [3.05, 3.63) is 38.6 Å². The summed E-state index contributed by atoms with van der Waals surface area (Å²) in [7, 11) is 1.13. The predicted molar refractivity (Wildman–Crippen MR) is 42.6 cm³/mol. The van der Waals surface area contributed by atoms with E-state index in [1.165, 1.54) is 0 Å². The van der Waals surface area contributed by atoms with Gasteiger partial charge in [0.1, 0.15) is 0 Å². The van der Waals surface area contributed by atoms with Gasteiger partial charge in [0.2, 0.25) is 0 Å². The Labute approximate surface area is 49.7 Å². The molecule has 0 N–H and O–H groups in total. The Morgan fingerprint density at radius 2 is 1.00 bits per heavy atom. The summed E-state index contributed by atoms with van der Waals surface area (Å²) in [4.78, 5) is 0. The highest BCUT2D eigenvalue weighted by Crippen LogP contribution is 1.24. The molecule has 0 rings (SSSR count). The van der Waals surface area contributed by atoms with Crippen molar-refractivity contribution in [1.82, 2.24) is 0 Å². The SMILES string of the molecule is C=C.C=C.C=C[SiH3]. The minimum absolute atomic E-state index is 1.13. The number of hydrogen-bond donors (Lipinski definition) is 0. The van der Waals surface area contributed by atoms with Crippen LogP contribution in [-0.2, 0) is 0 Å². The van der Waals surface area contributed by atoms with Crippen molar-refractivity contribution in [2.75, 3.05) is 0 Å². The lowest BCUT2D eigenvalue weighted by atomic mass is 11.3. The smallest absolute Gasteiger partial charge is 0.0283 e. The second kappa shape index (κ2) is 561. The standard InChI is InChI=1S/C2H6Si.2C2H4/c1-2-3;2*1-2/h2H,1H2,3H3;2*1-2H2. The highest BCUT2D eigenvalue weighted by molar-refractivity contribution is 6.16. The third kappa shape index (κ3) is 203. The van der Waals surface area contributed by atoms with Gasteiger partial charge in [-0.15, -0.1) is 38.6 Å². The van der Waals surface area contributed by atoms with Crippen LogP contribution in [0.5, 0.6) is 0 Å². The lowest BCUT2D eigenvalue weighted by Crippen LogP contribution is -1.29. The van der Waals surface area contributed by atoms with Gasteiger partial charge in [0, 0.05) is 10.2 Å². The first kappa shape index (κ1) is 16.1. The molecular weight excluding hydrogens is 100 g/mol. The maximum Gasteiger partial charge on any atom is 0.0283 e. The summed E-state index contributed by atoms with van der Waals surface area (Å²) in [6, 6.07) is 0. The number of hydrogen-bond acceptors (Lipinski definition) is 0. The third-order valence-electron chi connectivity index (χ3n) is 0. The molecule has 1 heteroatoms. The van der Waals surface area contributed by atoms with Gasteiger partial charge in [-0.25, -0.2) is 0 Å². The molecule has 0 aliphatic heterocycles. The van der Waals surface area contributed by atoms with Gasteiger partial charge in [0.15, 0.2) is 0 Å². The minimum atomic E-state index is 1.13. The molecule has 0 nitrogen and oxygen atoms in total. The Hall–Kier alpha value is -0.563. The Kier molecular flexibility index (Phi) is 1290. The molecule has 0 spiro atoms. The highest BCUT2D eigenvalue weighted by atomic mass is 28.1. The summed E-state index contributed by atoms with van der Waals surface area (Å²) in [6.07, 6.45) is 0. The molecule has 0 unspecified atom stereocenters. The van der Waals surface area contributed by atoms with Gasteiger partial charge in [-0.1, -0.05) is 0 Å². The normalized spacial score (nSPS) is 3.43. The van der Waals surface area contributed by atoms with Gasteiger partial charge in [0.25, 0.3) is 0 Å². The van der Waals surface area contributed by atoms with Crippen molar-refractivity contribution in [2.45, 2.75) is 0 Å². The first-order valence-electron chi connectivity index (χ1n) is 1.99. The van der Waals surface area contributed by atoms with Crippen LogP contribution in [0.3, 0.4) is 0 Å². The second-order valence-electron chi connectivity index (χ2n) is 0.408. The number of rotatable bonds is 0. The van der Waals surface area contributed by atoms with Crippen molar-refractivity contribution in [1.29, 1.82) is 0 Å².